The highest BCUT2D eigenvalue weighted by atomic mass is 35.5. The van der Waals surface area contributed by atoms with Crippen LogP contribution in [-0.4, -0.2) is 29.1 Å². The highest BCUT2D eigenvalue weighted by Gasteiger charge is 2.59. The zero-order chi connectivity index (χ0) is 23.4. The number of urea groups is 1. The van der Waals surface area contributed by atoms with E-state index in [2.05, 4.69) is 20.9 Å². The largest absolute Gasteiger partial charge is 0.487 e. The van der Waals surface area contributed by atoms with E-state index in [9.17, 15) is 9.59 Å². The van der Waals surface area contributed by atoms with Gasteiger partial charge in [0.25, 0.3) is 0 Å². The number of rotatable bonds is 4. The molecule has 3 aromatic rings. The topological polar surface area (TPSA) is 102 Å². The summed E-state index contributed by atoms with van der Waals surface area (Å²) in [7, 11) is 0. The second kappa shape index (κ2) is 7.92. The predicted octanol–water partition coefficient (Wildman–Crippen LogP) is 4.77. The van der Waals surface area contributed by atoms with Crippen LogP contribution in [0.4, 0.5) is 16.3 Å². The number of aryl methyl sites for hydroxylation is 1. The molecule has 0 radical (unpaired) electrons. The lowest BCUT2D eigenvalue weighted by Gasteiger charge is -2.19. The number of anilines is 2. The molecule has 0 unspecified atom stereocenters. The quantitative estimate of drug-likeness (QED) is 0.503. The molecule has 0 spiro atoms. The van der Waals surface area contributed by atoms with Gasteiger partial charge < -0.3 is 25.4 Å². The van der Waals surface area contributed by atoms with Crippen molar-refractivity contribution in [1.82, 2.24) is 10.3 Å². The van der Waals surface area contributed by atoms with Crippen LogP contribution in [0.1, 0.15) is 29.0 Å². The zero-order valence-corrected chi connectivity index (χ0v) is 19.0. The summed E-state index contributed by atoms with van der Waals surface area (Å²) in [6, 6.07) is 12.5. The summed E-state index contributed by atoms with van der Waals surface area (Å²) >= 11 is 6.22. The third kappa shape index (κ3) is 3.60. The molecular weight excluding hydrogens is 456 g/mol. The van der Waals surface area contributed by atoms with Crippen molar-refractivity contribution >= 4 is 35.0 Å². The summed E-state index contributed by atoms with van der Waals surface area (Å²) in [5, 5.41) is 9.11. The molecule has 172 valence electrons. The van der Waals surface area contributed by atoms with Gasteiger partial charge in [0.05, 0.1) is 22.7 Å². The number of fused-ring (bicyclic) bond motifs is 4. The molecule has 3 aliphatic rings. The second-order valence-electron chi connectivity index (χ2n) is 8.65. The second-order valence-corrected chi connectivity index (χ2v) is 9.06. The Hall–Kier alpha value is -3.78. The molecular formula is C25H21ClN4O4. The minimum atomic E-state index is -0.321. The first kappa shape index (κ1) is 20.8. The zero-order valence-electron chi connectivity index (χ0n) is 18.2. The lowest BCUT2D eigenvalue weighted by molar-refractivity contribution is -0.116. The van der Waals surface area contributed by atoms with E-state index in [1.54, 1.807) is 18.3 Å². The van der Waals surface area contributed by atoms with Crippen molar-refractivity contribution in [3.8, 4) is 17.2 Å². The van der Waals surface area contributed by atoms with Gasteiger partial charge in [-0.15, -0.1) is 0 Å². The molecule has 9 heteroatoms. The number of nitrogens with zero attached hydrogens (tertiary/aromatic N) is 1. The van der Waals surface area contributed by atoms with Crippen LogP contribution in [0.2, 0.25) is 5.02 Å². The highest BCUT2D eigenvalue weighted by molar-refractivity contribution is 6.33. The van der Waals surface area contributed by atoms with Gasteiger partial charge in [0.15, 0.2) is 0 Å². The lowest BCUT2D eigenvalue weighted by atomic mass is 10.1. The summed E-state index contributed by atoms with van der Waals surface area (Å²) in [6.45, 7) is 1.89. The number of benzene rings is 2. The van der Waals surface area contributed by atoms with Crippen molar-refractivity contribution in [2.75, 3.05) is 10.6 Å². The molecule has 3 heterocycles. The Morgan fingerprint density at radius 3 is 2.97 bits per heavy atom. The Balaban J connectivity index is 1.16. The van der Waals surface area contributed by atoms with Crippen LogP contribution in [0.25, 0.3) is 0 Å². The average molecular weight is 477 g/mol. The number of ether oxygens (including phenoxy) is 2. The van der Waals surface area contributed by atoms with Gasteiger partial charge in [0.1, 0.15) is 29.2 Å². The third-order valence-corrected chi connectivity index (χ3v) is 6.73. The number of hydrogen-bond acceptors (Lipinski definition) is 5. The Morgan fingerprint density at radius 2 is 2.12 bits per heavy atom. The van der Waals surface area contributed by atoms with Gasteiger partial charge >= 0.3 is 6.03 Å². The van der Waals surface area contributed by atoms with Crippen LogP contribution < -0.4 is 25.4 Å². The number of para-hydroxylation sites is 1. The summed E-state index contributed by atoms with van der Waals surface area (Å²) in [4.78, 5) is 28.5. The molecule has 0 saturated heterocycles. The smallest absolute Gasteiger partial charge is 0.319 e. The molecule has 6 rings (SSSR count). The molecule has 3 N–H and O–H groups in total. The molecule has 34 heavy (non-hydrogen) atoms. The van der Waals surface area contributed by atoms with E-state index in [0.29, 0.717) is 40.9 Å². The number of nitrogens with one attached hydrogen (secondary N) is 3. The average Bonchev–Trinajstić information content (AvgIpc) is 3.32. The maximum Gasteiger partial charge on any atom is 0.319 e. The summed E-state index contributed by atoms with van der Waals surface area (Å²) in [5.74, 6) is 2.69. The number of hydrogen-bond donors (Lipinski definition) is 3. The molecule has 2 aromatic carbocycles. The first-order valence-electron chi connectivity index (χ1n) is 11.1. The van der Waals surface area contributed by atoms with Gasteiger partial charge in [-0.3, -0.25) is 4.79 Å². The Kier molecular flexibility index (Phi) is 4.84. The van der Waals surface area contributed by atoms with Crippen molar-refractivity contribution in [3.63, 3.8) is 0 Å². The van der Waals surface area contributed by atoms with Crippen molar-refractivity contribution in [2.45, 2.75) is 37.8 Å². The predicted molar refractivity (Wildman–Crippen MR) is 127 cm³/mol. The minimum Gasteiger partial charge on any atom is -0.487 e. The molecule has 1 saturated carbocycles. The van der Waals surface area contributed by atoms with E-state index in [1.165, 1.54) is 0 Å². The number of carbonyl (C=O) groups is 2. The van der Waals surface area contributed by atoms with Crippen LogP contribution >= 0.6 is 11.6 Å². The normalized spacial score (nSPS) is 21.4. The lowest BCUT2D eigenvalue weighted by Crippen LogP contribution is -2.34. The molecule has 1 aliphatic carbocycles. The molecule has 8 nitrogen and oxygen atoms in total. The molecule has 1 fully saturated rings. The first-order chi connectivity index (χ1) is 16.5. The highest BCUT2D eigenvalue weighted by Crippen LogP contribution is 2.54. The van der Waals surface area contributed by atoms with E-state index in [0.717, 1.165) is 22.4 Å². The molecule has 3 amide bonds. The Bertz CT molecular complexity index is 1320. The Labute approximate surface area is 200 Å². The van der Waals surface area contributed by atoms with Crippen LogP contribution in [0, 0.1) is 6.92 Å². The first-order valence-corrected chi connectivity index (χ1v) is 11.4. The van der Waals surface area contributed by atoms with Crippen molar-refractivity contribution < 1.29 is 19.1 Å². The van der Waals surface area contributed by atoms with E-state index < -0.39 is 0 Å². The van der Waals surface area contributed by atoms with E-state index in [4.69, 9.17) is 21.1 Å². The molecule has 3 atom stereocenters. The van der Waals surface area contributed by atoms with Gasteiger partial charge in [-0.05, 0) is 49.2 Å². The van der Waals surface area contributed by atoms with Gasteiger partial charge in [-0.2, -0.15) is 0 Å². The number of carbonyl (C=O) groups excluding carboxylic acids is 2. The summed E-state index contributed by atoms with van der Waals surface area (Å²) in [6.07, 6.45) is 2.49. The fraction of sp³-hybridized carbons (Fsp3) is 0.240. The van der Waals surface area contributed by atoms with E-state index in [-0.39, 0.29) is 30.0 Å². The van der Waals surface area contributed by atoms with Gasteiger partial charge in [0.2, 0.25) is 5.91 Å². The molecule has 0 bridgehead atoms. The third-order valence-electron chi connectivity index (χ3n) is 6.42. The number of halogens is 1. The minimum absolute atomic E-state index is 0.0427. The van der Waals surface area contributed by atoms with Crippen LogP contribution in [0.5, 0.6) is 17.2 Å². The van der Waals surface area contributed by atoms with E-state index in [1.807, 2.05) is 37.3 Å². The van der Waals surface area contributed by atoms with Gasteiger partial charge in [-0.1, -0.05) is 23.7 Å². The number of amides is 3. The van der Waals surface area contributed by atoms with Crippen LogP contribution in [0.15, 0.2) is 48.7 Å². The van der Waals surface area contributed by atoms with E-state index >= 15 is 0 Å². The fourth-order valence-corrected chi connectivity index (χ4v) is 4.92. The van der Waals surface area contributed by atoms with Crippen molar-refractivity contribution in [3.05, 3.63) is 70.4 Å². The SMILES string of the molecule is Cc1cccc(Cl)c1NC(=O)N[C@H]1[C@H]2Oc3ccc(Oc4ccnc5c4CCC(=O)N5)cc3[C@@H]12. The van der Waals surface area contributed by atoms with Crippen molar-refractivity contribution in [2.24, 2.45) is 0 Å². The van der Waals surface area contributed by atoms with Gasteiger partial charge in [0, 0.05) is 23.7 Å². The maximum absolute atomic E-state index is 12.6. The molecule has 2 aliphatic heterocycles. The molecule has 1 aromatic heterocycles. The number of pyridine rings is 1. The van der Waals surface area contributed by atoms with Crippen LogP contribution in [-0.2, 0) is 11.2 Å². The summed E-state index contributed by atoms with van der Waals surface area (Å²) in [5.41, 5.74) is 3.37. The van der Waals surface area contributed by atoms with Crippen LogP contribution in [0.3, 0.4) is 0 Å². The van der Waals surface area contributed by atoms with Crippen molar-refractivity contribution in [1.29, 1.82) is 0 Å². The monoisotopic (exact) mass is 476 g/mol. The summed E-state index contributed by atoms with van der Waals surface area (Å²) < 4.78 is 12.2. The van der Waals surface area contributed by atoms with Gasteiger partial charge in [-0.25, -0.2) is 9.78 Å². The Morgan fingerprint density at radius 1 is 1.24 bits per heavy atom. The number of aromatic nitrogens is 1. The fourth-order valence-electron chi connectivity index (χ4n) is 4.65. The standard InChI is InChI=1S/C25H21ClN4O4/c1-12-3-2-4-16(26)21(12)29-25(32)30-22-20-15-11-13(5-7-17(15)34-23(20)22)33-18-9-10-27-24-14(18)6-8-19(31)28-24/h2-5,7,9-11,20,22-23H,6,8H2,1H3,(H,27,28,31)(H2,29,30,32)/t20-,22+,23-/m0/s1. The maximum atomic E-state index is 12.6.